The first kappa shape index (κ1) is 22.9. The fraction of sp³-hybridized carbons (Fsp3) is 0.182. The number of thioether (sulfide) groups is 1. The minimum absolute atomic E-state index is 0.0755. The zero-order chi connectivity index (χ0) is 23.3. The van der Waals surface area contributed by atoms with Crippen LogP contribution in [0.1, 0.15) is 11.1 Å². The van der Waals surface area contributed by atoms with Gasteiger partial charge in [-0.25, -0.2) is 4.79 Å². The molecule has 2 N–H and O–H groups in total. The van der Waals surface area contributed by atoms with E-state index in [0.717, 1.165) is 10.5 Å². The molecule has 0 aromatic heterocycles. The normalized spacial score (nSPS) is 14.6. The van der Waals surface area contributed by atoms with Gasteiger partial charge in [-0.3, -0.25) is 19.3 Å². The fourth-order valence-electron chi connectivity index (χ4n) is 2.85. The Bertz CT molecular complexity index is 1100. The number of anilines is 1. The van der Waals surface area contributed by atoms with Crippen LogP contribution in [-0.4, -0.2) is 53.3 Å². The first-order valence-electron chi connectivity index (χ1n) is 9.42. The van der Waals surface area contributed by atoms with Crippen molar-refractivity contribution in [3.8, 4) is 11.5 Å². The molecule has 0 saturated carbocycles. The van der Waals surface area contributed by atoms with E-state index in [9.17, 15) is 19.2 Å². The minimum atomic E-state index is -1.18. The van der Waals surface area contributed by atoms with Gasteiger partial charge in [-0.2, -0.15) is 0 Å². The van der Waals surface area contributed by atoms with Gasteiger partial charge in [0.1, 0.15) is 6.54 Å². The van der Waals surface area contributed by atoms with Gasteiger partial charge in [-0.05, 0) is 43.0 Å². The molecule has 2 aromatic carbocycles. The van der Waals surface area contributed by atoms with Crippen molar-refractivity contribution in [2.45, 2.75) is 6.92 Å². The van der Waals surface area contributed by atoms with Crippen molar-refractivity contribution in [2.75, 3.05) is 25.6 Å². The standard InChI is InChI=1S/C22H20N2O7S/c1-13-6-8-15(9-7-13)23-18(25)11-24-21(28)17(32-22(24)29)10-14-4-3-5-16(30-2)20(14)31-12-19(26)27/h3-10H,11-12H2,1-2H3,(H,23,25)(H,26,27)/b17-10+. The Morgan fingerprint density at radius 1 is 1.16 bits per heavy atom. The highest BCUT2D eigenvalue weighted by atomic mass is 32.2. The predicted octanol–water partition coefficient (Wildman–Crippen LogP) is 3.14. The Hall–Kier alpha value is -3.79. The monoisotopic (exact) mass is 456 g/mol. The summed E-state index contributed by atoms with van der Waals surface area (Å²) in [6.45, 7) is 0.872. The molecule has 0 spiro atoms. The van der Waals surface area contributed by atoms with Crippen LogP contribution in [0.4, 0.5) is 10.5 Å². The lowest BCUT2D eigenvalue weighted by Crippen LogP contribution is -2.36. The highest BCUT2D eigenvalue weighted by molar-refractivity contribution is 8.18. The third-order valence-corrected chi connectivity index (χ3v) is 5.27. The van der Waals surface area contributed by atoms with E-state index < -0.39 is 36.2 Å². The molecule has 0 bridgehead atoms. The third kappa shape index (κ3) is 5.46. The number of para-hydroxylation sites is 1. The molecule has 2 aromatic rings. The van der Waals surface area contributed by atoms with Gasteiger partial charge < -0.3 is 19.9 Å². The van der Waals surface area contributed by atoms with Crippen LogP contribution in [0.3, 0.4) is 0 Å². The maximum Gasteiger partial charge on any atom is 0.341 e. The van der Waals surface area contributed by atoms with Crippen LogP contribution in [0.5, 0.6) is 11.5 Å². The number of imide groups is 1. The Morgan fingerprint density at radius 3 is 2.53 bits per heavy atom. The number of nitrogens with zero attached hydrogens (tertiary/aromatic N) is 1. The molecule has 3 amide bonds. The molecule has 32 heavy (non-hydrogen) atoms. The molecule has 9 nitrogen and oxygen atoms in total. The second kappa shape index (κ2) is 10.0. The number of carboxylic acid groups (broad SMARTS) is 1. The predicted molar refractivity (Wildman–Crippen MR) is 119 cm³/mol. The second-order valence-electron chi connectivity index (χ2n) is 6.74. The average molecular weight is 456 g/mol. The molecule has 1 fully saturated rings. The number of aliphatic carboxylic acids is 1. The summed E-state index contributed by atoms with van der Waals surface area (Å²) >= 11 is 0.679. The maximum absolute atomic E-state index is 12.8. The van der Waals surface area contributed by atoms with E-state index >= 15 is 0 Å². The number of methoxy groups -OCH3 is 1. The molecule has 166 valence electrons. The Morgan fingerprint density at radius 2 is 1.88 bits per heavy atom. The lowest BCUT2D eigenvalue weighted by molar-refractivity contribution is -0.139. The average Bonchev–Trinajstić information content (AvgIpc) is 3.01. The smallest absolute Gasteiger partial charge is 0.341 e. The van der Waals surface area contributed by atoms with Gasteiger partial charge in [0.25, 0.3) is 11.1 Å². The summed E-state index contributed by atoms with van der Waals surface area (Å²) in [6.07, 6.45) is 1.41. The van der Waals surface area contributed by atoms with Crippen LogP contribution in [0, 0.1) is 6.92 Å². The van der Waals surface area contributed by atoms with Crippen LogP contribution in [0.15, 0.2) is 47.4 Å². The van der Waals surface area contributed by atoms with E-state index in [1.807, 2.05) is 19.1 Å². The minimum Gasteiger partial charge on any atom is -0.493 e. The number of rotatable bonds is 8. The van der Waals surface area contributed by atoms with Crippen molar-refractivity contribution in [1.29, 1.82) is 0 Å². The fourth-order valence-corrected chi connectivity index (χ4v) is 3.68. The SMILES string of the molecule is COc1cccc(/C=C2/SC(=O)N(CC(=O)Nc3ccc(C)cc3)C2=O)c1OCC(=O)O. The largest absolute Gasteiger partial charge is 0.493 e. The number of carboxylic acids is 1. The van der Waals surface area contributed by atoms with Crippen LogP contribution in [0.2, 0.25) is 0 Å². The summed E-state index contributed by atoms with van der Waals surface area (Å²) in [7, 11) is 1.40. The summed E-state index contributed by atoms with van der Waals surface area (Å²) in [5, 5.41) is 11.0. The Kier molecular flexibility index (Phi) is 7.16. The van der Waals surface area contributed by atoms with E-state index in [1.54, 1.807) is 30.3 Å². The van der Waals surface area contributed by atoms with Crippen molar-refractivity contribution in [3.05, 3.63) is 58.5 Å². The lowest BCUT2D eigenvalue weighted by atomic mass is 10.1. The molecule has 1 aliphatic heterocycles. The van der Waals surface area contributed by atoms with Crippen molar-refractivity contribution in [2.24, 2.45) is 0 Å². The van der Waals surface area contributed by atoms with Gasteiger partial charge in [0.2, 0.25) is 5.91 Å². The molecular weight excluding hydrogens is 436 g/mol. The van der Waals surface area contributed by atoms with E-state index in [4.69, 9.17) is 14.6 Å². The molecule has 0 atom stereocenters. The van der Waals surface area contributed by atoms with Crippen LogP contribution < -0.4 is 14.8 Å². The quantitative estimate of drug-likeness (QED) is 0.581. The Labute approximate surface area is 188 Å². The zero-order valence-electron chi connectivity index (χ0n) is 17.3. The number of carbonyl (C=O) groups excluding carboxylic acids is 3. The highest BCUT2D eigenvalue weighted by Crippen LogP contribution is 2.37. The number of benzene rings is 2. The van der Waals surface area contributed by atoms with Gasteiger partial charge in [0.05, 0.1) is 12.0 Å². The van der Waals surface area contributed by atoms with Crippen LogP contribution >= 0.6 is 11.8 Å². The molecule has 3 rings (SSSR count). The van der Waals surface area contributed by atoms with Gasteiger partial charge >= 0.3 is 5.97 Å². The van der Waals surface area contributed by atoms with Gasteiger partial charge in [0, 0.05) is 11.3 Å². The topological polar surface area (TPSA) is 122 Å². The molecule has 0 radical (unpaired) electrons. The highest BCUT2D eigenvalue weighted by Gasteiger charge is 2.36. The van der Waals surface area contributed by atoms with Crippen LogP contribution in [0.25, 0.3) is 6.08 Å². The molecule has 0 unspecified atom stereocenters. The van der Waals surface area contributed by atoms with Gasteiger partial charge in [0.15, 0.2) is 18.1 Å². The molecule has 1 saturated heterocycles. The lowest BCUT2D eigenvalue weighted by Gasteiger charge is -2.13. The number of aryl methyl sites for hydroxylation is 1. The number of amides is 3. The van der Waals surface area contributed by atoms with Gasteiger partial charge in [-0.15, -0.1) is 0 Å². The first-order valence-corrected chi connectivity index (χ1v) is 10.2. The molecule has 1 aliphatic rings. The third-order valence-electron chi connectivity index (χ3n) is 4.37. The summed E-state index contributed by atoms with van der Waals surface area (Å²) in [5.74, 6) is -1.92. The summed E-state index contributed by atoms with van der Waals surface area (Å²) in [5.41, 5.74) is 1.95. The summed E-state index contributed by atoms with van der Waals surface area (Å²) in [6, 6.07) is 11.9. The number of nitrogens with one attached hydrogen (secondary N) is 1. The van der Waals surface area contributed by atoms with E-state index in [2.05, 4.69) is 5.32 Å². The number of hydrogen-bond donors (Lipinski definition) is 2. The van der Waals surface area contributed by atoms with E-state index in [0.29, 0.717) is 23.0 Å². The number of carbonyl (C=O) groups is 4. The molecule has 10 heteroatoms. The number of ether oxygens (including phenoxy) is 2. The number of hydrogen-bond acceptors (Lipinski definition) is 7. The first-order chi connectivity index (χ1) is 15.3. The van der Waals surface area contributed by atoms with Gasteiger partial charge in [-0.1, -0.05) is 29.8 Å². The summed E-state index contributed by atoms with van der Waals surface area (Å²) < 4.78 is 10.5. The zero-order valence-corrected chi connectivity index (χ0v) is 18.1. The maximum atomic E-state index is 12.8. The van der Waals surface area contributed by atoms with Crippen molar-refractivity contribution in [1.82, 2.24) is 4.90 Å². The molecular formula is C22H20N2O7S. The summed E-state index contributed by atoms with van der Waals surface area (Å²) in [4.78, 5) is 49.2. The van der Waals surface area contributed by atoms with Crippen molar-refractivity contribution >= 4 is 46.5 Å². The Balaban J connectivity index is 1.77. The second-order valence-corrected chi connectivity index (χ2v) is 7.74. The van der Waals surface area contributed by atoms with Crippen molar-refractivity contribution < 1.29 is 33.8 Å². The van der Waals surface area contributed by atoms with E-state index in [-0.39, 0.29) is 16.4 Å². The molecule has 1 heterocycles. The van der Waals surface area contributed by atoms with E-state index in [1.165, 1.54) is 13.2 Å². The van der Waals surface area contributed by atoms with Crippen LogP contribution in [-0.2, 0) is 14.4 Å². The van der Waals surface area contributed by atoms with Crippen molar-refractivity contribution in [3.63, 3.8) is 0 Å². The molecule has 0 aliphatic carbocycles.